The molecule has 0 spiro atoms. The van der Waals surface area contributed by atoms with Gasteiger partial charge in [-0.1, -0.05) is 12.1 Å². The first kappa shape index (κ1) is 34.0. The van der Waals surface area contributed by atoms with Crippen LogP contribution in [0.2, 0.25) is 0 Å². The van der Waals surface area contributed by atoms with Gasteiger partial charge in [0.2, 0.25) is 23.6 Å². The Balaban J connectivity index is 3.02. The van der Waals surface area contributed by atoms with Crippen LogP contribution in [0.5, 0.6) is 5.75 Å². The molecule has 222 valence electrons. The van der Waals surface area contributed by atoms with Crippen molar-refractivity contribution in [1.29, 1.82) is 0 Å². The molecule has 0 aliphatic rings. The molecule has 0 radical (unpaired) electrons. The number of phenols is 1. The topological polar surface area (TPSA) is 278 Å². The van der Waals surface area contributed by atoms with Gasteiger partial charge in [-0.05, 0) is 55.4 Å². The molecule has 4 unspecified atom stereocenters. The highest BCUT2D eigenvalue weighted by atomic mass is 32.2. The fourth-order valence-electron chi connectivity index (χ4n) is 3.48. The van der Waals surface area contributed by atoms with Gasteiger partial charge in [-0.2, -0.15) is 11.8 Å². The SMILES string of the molecule is CSCCC(NC(=O)C(CCCN=C(N)N)NC(=O)C(CC(N)=O)NC(=O)C(N)Cc1ccc(O)cc1)C(=O)O. The fourth-order valence-corrected chi connectivity index (χ4v) is 3.95. The van der Waals surface area contributed by atoms with Crippen molar-refractivity contribution >= 4 is 47.3 Å². The maximum atomic E-state index is 13.1. The van der Waals surface area contributed by atoms with Crippen LogP contribution in [0.3, 0.4) is 0 Å². The van der Waals surface area contributed by atoms with E-state index in [2.05, 4.69) is 20.9 Å². The number of aliphatic imine (C=N–C) groups is 1. The minimum absolute atomic E-state index is 0.0147. The summed E-state index contributed by atoms with van der Waals surface area (Å²) in [4.78, 5) is 65.9. The number of amides is 4. The normalized spacial score (nSPS) is 13.7. The second-order valence-corrected chi connectivity index (χ2v) is 9.89. The number of hydrogen-bond donors (Lipinski definition) is 9. The minimum atomic E-state index is -1.46. The molecular weight excluding hydrogens is 544 g/mol. The van der Waals surface area contributed by atoms with E-state index in [0.717, 1.165) is 0 Å². The van der Waals surface area contributed by atoms with Crippen LogP contribution in [0.1, 0.15) is 31.2 Å². The summed E-state index contributed by atoms with van der Waals surface area (Å²) in [6.07, 6.45) is 1.67. The van der Waals surface area contributed by atoms with Gasteiger partial charge < -0.3 is 49.1 Å². The highest BCUT2D eigenvalue weighted by Gasteiger charge is 2.31. The zero-order valence-electron chi connectivity index (χ0n) is 22.2. The highest BCUT2D eigenvalue weighted by molar-refractivity contribution is 7.98. The molecule has 40 heavy (non-hydrogen) atoms. The van der Waals surface area contributed by atoms with E-state index >= 15 is 0 Å². The van der Waals surface area contributed by atoms with Crippen molar-refractivity contribution in [3.05, 3.63) is 29.8 Å². The molecular formula is C24H38N8O7S. The summed E-state index contributed by atoms with van der Waals surface area (Å²) >= 11 is 1.40. The van der Waals surface area contributed by atoms with Crippen molar-refractivity contribution in [3.63, 3.8) is 0 Å². The maximum absolute atomic E-state index is 13.1. The lowest BCUT2D eigenvalue weighted by atomic mass is 10.0. The summed E-state index contributed by atoms with van der Waals surface area (Å²) in [6, 6.07) is 0.993. The number of nitrogens with zero attached hydrogens (tertiary/aromatic N) is 1. The Labute approximate surface area is 235 Å². The molecule has 4 atom stereocenters. The lowest BCUT2D eigenvalue weighted by Gasteiger charge is -2.25. The second-order valence-electron chi connectivity index (χ2n) is 8.90. The van der Waals surface area contributed by atoms with E-state index in [1.807, 2.05) is 0 Å². The summed E-state index contributed by atoms with van der Waals surface area (Å²) in [5.74, 6) is -4.24. The molecule has 16 heteroatoms. The Kier molecular flexibility index (Phi) is 14.9. The lowest BCUT2D eigenvalue weighted by Crippen LogP contribution is -2.58. The third-order valence-electron chi connectivity index (χ3n) is 5.57. The largest absolute Gasteiger partial charge is 0.508 e. The zero-order chi connectivity index (χ0) is 30.2. The van der Waals surface area contributed by atoms with Crippen LogP contribution < -0.4 is 38.9 Å². The Bertz CT molecular complexity index is 1050. The first-order valence-corrected chi connectivity index (χ1v) is 13.7. The molecule has 0 aromatic heterocycles. The molecule has 0 saturated carbocycles. The zero-order valence-corrected chi connectivity index (χ0v) is 23.0. The predicted molar refractivity (Wildman–Crippen MR) is 150 cm³/mol. The molecule has 0 aliphatic carbocycles. The van der Waals surface area contributed by atoms with Crippen molar-refractivity contribution < 1.29 is 34.2 Å². The van der Waals surface area contributed by atoms with Gasteiger partial charge in [-0.25, -0.2) is 4.79 Å². The quantitative estimate of drug-likeness (QED) is 0.0495. The predicted octanol–water partition coefficient (Wildman–Crippen LogP) is -2.52. The number of aromatic hydroxyl groups is 1. The van der Waals surface area contributed by atoms with Crippen LogP contribution in [0.25, 0.3) is 0 Å². The highest BCUT2D eigenvalue weighted by Crippen LogP contribution is 2.11. The summed E-state index contributed by atoms with van der Waals surface area (Å²) in [6.45, 7) is 0.129. The Morgan fingerprint density at radius 3 is 2.02 bits per heavy atom. The number of carbonyl (C=O) groups excluding carboxylic acids is 4. The van der Waals surface area contributed by atoms with Gasteiger partial charge in [0, 0.05) is 6.54 Å². The van der Waals surface area contributed by atoms with Crippen LogP contribution in [-0.4, -0.2) is 88.5 Å². The lowest BCUT2D eigenvalue weighted by molar-refractivity contribution is -0.142. The van der Waals surface area contributed by atoms with Gasteiger partial charge in [0.15, 0.2) is 5.96 Å². The molecule has 0 fully saturated rings. The summed E-state index contributed by atoms with van der Waals surface area (Å²) < 4.78 is 0. The number of phenolic OH excluding ortho intramolecular Hbond substituents is 1. The average Bonchev–Trinajstić information content (AvgIpc) is 2.88. The number of carbonyl (C=O) groups is 5. The Morgan fingerprint density at radius 2 is 1.48 bits per heavy atom. The van der Waals surface area contributed by atoms with Gasteiger partial charge in [0.1, 0.15) is 23.9 Å². The van der Waals surface area contributed by atoms with Crippen LogP contribution in [0.15, 0.2) is 29.3 Å². The van der Waals surface area contributed by atoms with Gasteiger partial charge in [-0.15, -0.1) is 0 Å². The van der Waals surface area contributed by atoms with E-state index in [1.165, 1.54) is 23.9 Å². The van der Waals surface area contributed by atoms with Gasteiger partial charge in [0.25, 0.3) is 0 Å². The molecule has 0 heterocycles. The standard InChI is InChI=1S/C24H38N8O7S/c1-40-10-8-17(23(38)39)31-21(36)16(3-2-9-29-24(27)28)30-22(37)18(12-19(26)34)32-20(35)15(25)11-13-4-6-14(33)7-5-13/h4-7,15-18,33H,2-3,8-12,25H2,1H3,(H2,26,34)(H,30,37)(H,31,36)(H,32,35)(H,38,39)(H4,27,28,29). The van der Waals surface area contributed by atoms with Crippen molar-refractivity contribution in [2.24, 2.45) is 27.9 Å². The number of hydrogen-bond acceptors (Lipinski definition) is 9. The second kappa shape index (κ2) is 17.5. The van der Waals surface area contributed by atoms with Crippen LogP contribution >= 0.6 is 11.8 Å². The molecule has 13 N–H and O–H groups in total. The number of rotatable bonds is 18. The summed E-state index contributed by atoms with van der Waals surface area (Å²) in [7, 11) is 0. The molecule has 1 aromatic rings. The number of primary amides is 1. The van der Waals surface area contributed by atoms with Crippen LogP contribution in [0, 0.1) is 0 Å². The molecule has 0 saturated heterocycles. The Morgan fingerprint density at radius 1 is 0.900 bits per heavy atom. The maximum Gasteiger partial charge on any atom is 0.326 e. The van der Waals surface area contributed by atoms with Crippen molar-refractivity contribution in [2.75, 3.05) is 18.6 Å². The van der Waals surface area contributed by atoms with Crippen LogP contribution in [0.4, 0.5) is 0 Å². The smallest absolute Gasteiger partial charge is 0.326 e. The van der Waals surface area contributed by atoms with Crippen molar-refractivity contribution in [3.8, 4) is 5.75 Å². The number of aliphatic carboxylic acids is 1. The molecule has 0 bridgehead atoms. The number of nitrogens with two attached hydrogens (primary N) is 4. The summed E-state index contributed by atoms with van der Waals surface area (Å²) in [5, 5.41) is 26.1. The van der Waals surface area contributed by atoms with E-state index in [-0.39, 0.29) is 43.9 Å². The number of guanidine groups is 1. The van der Waals surface area contributed by atoms with E-state index in [9.17, 15) is 34.2 Å². The van der Waals surface area contributed by atoms with Gasteiger partial charge >= 0.3 is 5.97 Å². The van der Waals surface area contributed by atoms with Gasteiger partial charge in [-0.3, -0.25) is 24.2 Å². The molecule has 1 aromatic carbocycles. The average molecular weight is 583 g/mol. The molecule has 15 nitrogen and oxygen atoms in total. The van der Waals surface area contributed by atoms with E-state index < -0.39 is 60.2 Å². The number of nitrogens with one attached hydrogen (secondary N) is 3. The molecule has 4 amide bonds. The van der Waals surface area contributed by atoms with Crippen LogP contribution in [-0.2, 0) is 30.4 Å². The number of carboxylic acids is 1. The fraction of sp³-hybridized carbons (Fsp3) is 0.500. The first-order valence-electron chi connectivity index (χ1n) is 12.3. The first-order chi connectivity index (χ1) is 18.8. The third-order valence-corrected chi connectivity index (χ3v) is 6.21. The number of thioether (sulfide) groups is 1. The molecule has 0 aliphatic heterocycles. The third kappa shape index (κ3) is 13.1. The summed E-state index contributed by atoms with van der Waals surface area (Å²) in [5.41, 5.74) is 22.5. The van der Waals surface area contributed by atoms with E-state index in [1.54, 1.807) is 18.4 Å². The van der Waals surface area contributed by atoms with Crippen molar-refractivity contribution in [2.45, 2.75) is 56.3 Å². The number of benzene rings is 1. The van der Waals surface area contributed by atoms with Gasteiger partial charge in [0.05, 0.1) is 12.5 Å². The van der Waals surface area contributed by atoms with E-state index in [4.69, 9.17) is 22.9 Å². The van der Waals surface area contributed by atoms with E-state index in [0.29, 0.717) is 11.3 Å². The monoisotopic (exact) mass is 582 g/mol. The van der Waals surface area contributed by atoms with Crippen molar-refractivity contribution in [1.82, 2.24) is 16.0 Å². The molecule has 1 rings (SSSR count). The minimum Gasteiger partial charge on any atom is -0.508 e. The number of carboxylic acid groups (broad SMARTS) is 1. The Hall–Kier alpha value is -4.05.